The van der Waals surface area contributed by atoms with E-state index in [1.165, 1.54) is 23.5 Å². The maximum Gasteiger partial charge on any atom is 0.178 e. The minimum atomic E-state index is -0.272. The van der Waals surface area contributed by atoms with Crippen LogP contribution in [-0.2, 0) is 6.42 Å². The molecule has 0 bridgehead atoms. The lowest BCUT2D eigenvalue weighted by Gasteiger charge is -2.03. The molecule has 0 atom stereocenters. The van der Waals surface area contributed by atoms with Gasteiger partial charge in [0.1, 0.15) is 5.82 Å². The van der Waals surface area contributed by atoms with Crippen molar-refractivity contribution in [1.29, 1.82) is 0 Å². The molecule has 0 saturated heterocycles. The van der Waals surface area contributed by atoms with Gasteiger partial charge in [0, 0.05) is 12.6 Å². The van der Waals surface area contributed by atoms with Crippen LogP contribution < -0.4 is 0 Å². The van der Waals surface area contributed by atoms with Crippen molar-refractivity contribution in [1.82, 2.24) is 4.98 Å². The maximum absolute atomic E-state index is 12.9. The molecule has 0 radical (unpaired) electrons. The van der Waals surface area contributed by atoms with E-state index in [0.717, 1.165) is 11.1 Å². The highest BCUT2D eigenvalue weighted by Gasteiger charge is 2.10. The fourth-order valence-electron chi connectivity index (χ4n) is 1.47. The number of Topliss-reactive ketones (excluding diaryl/α,β-unsaturated/α-hetero) is 1. The fraction of sp³-hybridized carbons (Fsp3) is 0.167. The second-order valence-corrected chi connectivity index (χ2v) is 4.42. The molecule has 0 aliphatic carbocycles. The molecule has 0 saturated carbocycles. The van der Waals surface area contributed by atoms with Crippen molar-refractivity contribution in [3.8, 4) is 0 Å². The third-order valence-electron chi connectivity index (χ3n) is 2.36. The second kappa shape index (κ2) is 4.53. The van der Waals surface area contributed by atoms with Gasteiger partial charge < -0.3 is 0 Å². The standard InChI is InChI=1S/C12H10FNOS/c1-8-4-10(13)3-2-9(8)5-11(15)12-6-14-7-16-12/h2-4,6-7H,5H2,1H3. The summed E-state index contributed by atoms with van der Waals surface area (Å²) in [5.74, 6) is -0.247. The summed E-state index contributed by atoms with van der Waals surface area (Å²) in [6.07, 6.45) is 1.86. The van der Waals surface area contributed by atoms with E-state index in [0.29, 0.717) is 11.3 Å². The quantitative estimate of drug-likeness (QED) is 0.765. The molecular formula is C12H10FNOS. The molecule has 4 heteroatoms. The minimum Gasteiger partial charge on any atom is -0.293 e. The monoisotopic (exact) mass is 235 g/mol. The molecule has 0 aliphatic heterocycles. The molecule has 0 unspecified atom stereocenters. The van der Waals surface area contributed by atoms with Crippen LogP contribution in [0.4, 0.5) is 4.39 Å². The average molecular weight is 235 g/mol. The van der Waals surface area contributed by atoms with Crippen LogP contribution in [-0.4, -0.2) is 10.8 Å². The van der Waals surface area contributed by atoms with Crippen LogP contribution in [0.25, 0.3) is 0 Å². The number of hydrogen-bond acceptors (Lipinski definition) is 3. The van der Waals surface area contributed by atoms with Gasteiger partial charge in [-0.15, -0.1) is 11.3 Å². The lowest BCUT2D eigenvalue weighted by Crippen LogP contribution is -2.03. The van der Waals surface area contributed by atoms with Gasteiger partial charge in [0.25, 0.3) is 0 Å². The van der Waals surface area contributed by atoms with Crippen LogP contribution in [0, 0.1) is 12.7 Å². The molecule has 1 heterocycles. The van der Waals surface area contributed by atoms with E-state index in [9.17, 15) is 9.18 Å². The van der Waals surface area contributed by atoms with Crippen LogP contribution in [0.5, 0.6) is 0 Å². The topological polar surface area (TPSA) is 30.0 Å². The normalized spacial score (nSPS) is 10.4. The summed E-state index contributed by atoms with van der Waals surface area (Å²) >= 11 is 1.32. The molecule has 2 aromatic rings. The zero-order valence-corrected chi connectivity index (χ0v) is 9.55. The molecule has 82 valence electrons. The van der Waals surface area contributed by atoms with Gasteiger partial charge in [-0.1, -0.05) is 6.07 Å². The van der Waals surface area contributed by atoms with Gasteiger partial charge in [-0.3, -0.25) is 9.78 Å². The van der Waals surface area contributed by atoms with Gasteiger partial charge in [-0.05, 0) is 30.2 Å². The van der Waals surface area contributed by atoms with Gasteiger partial charge in [-0.25, -0.2) is 4.39 Å². The molecule has 1 aromatic carbocycles. The van der Waals surface area contributed by atoms with Gasteiger partial charge in [0.15, 0.2) is 5.78 Å². The Bertz CT molecular complexity index is 508. The summed E-state index contributed by atoms with van der Waals surface area (Å²) in [5, 5.41) is 0. The van der Waals surface area contributed by atoms with E-state index in [1.54, 1.807) is 24.7 Å². The smallest absolute Gasteiger partial charge is 0.178 e. The highest BCUT2D eigenvalue weighted by molar-refractivity contribution is 7.11. The molecule has 0 aliphatic rings. The first-order valence-electron chi connectivity index (χ1n) is 4.83. The Morgan fingerprint density at radius 3 is 2.94 bits per heavy atom. The van der Waals surface area contributed by atoms with Crippen molar-refractivity contribution in [3.05, 3.63) is 51.7 Å². The average Bonchev–Trinajstić information content (AvgIpc) is 2.75. The number of carbonyl (C=O) groups is 1. The van der Waals surface area contributed by atoms with E-state index in [1.807, 2.05) is 0 Å². The van der Waals surface area contributed by atoms with Crippen molar-refractivity contribution >= 4 is 17.1 Å². The first-order valence-corrected chi connectivity index (χ1v) is 5.71. The summed E-state index contributed by atoms with van der Waals surface area (Å²) in [6.45, 7) is 1.80. The molecule has 0 spiro atoms. The van der Waals surface area contributed by atoms with Crippen molar-refractivity contribution < 1.29 is 9.18 Å². The Balaban J connectivity index is 2.18. The number of nitrogens with zero attached hydrogens (tertiary/aromatic N) is 1. The van der Waals surface area contributed by atoms with E-state index in [4.69, 9.17) is 0 Å². The van der Waals surface area contributed by atoms with E-state index in [-0.39, 0.29) is 11.6 Å². The molecule has 0 fully saturated rings. The fourth-order valence-corrected chi connectivity index (χ4v) is 2.03. The number of aryl methyl sites for hydroxylation is 1. The van der Waals surface area contributed by atoms with Gasteiger partial charge >= 0.3 is 0 Å². The number of halogens is 1. The van der Waals surface area contributed by atoms with Crippen molar-refractivity contribution in [2.24, 2.45) is 0 Å². The summed E-state index contributed by atoms with van der Waals surface area (Å²) in [4.78, 5) is 16.3. The summed E-state index contributed by atoms with van der Waals surface area (Å²) in [7, 11) is 0. The Morgan fingerprint density at radius 1 is 1.50 bits per heavy atom. The van der Waals surface area contributed by atoms with Crippen molar-refractivity contribution in [2.45, 2.75) is 13.3 Å². The summed E-state index contributed by atoms with van der Waals surface area (Å²) in [6, 6.07) is 4.47. The van der Waals surface area contributed by atoms with Gasteiger partial charge in [0.05, 0.1) is 10.4 Å². The largest absolute Gasteiger partial charge is 0.293 e. The Labute approximate surface area is 96.8 Å². The zero-order chi connectivity index (χ0) is 11.5. The Kier molecular flexibility index (Phi) is 3.10. The van der Waals surface area contributed by atoms with E-state index >= 15 is 0 Å². The summed E-state index contributed by atoms with van der Waals surface area (Å²) in [5.41, 5.74) is 3.29. The first-order chi connectivity index (χ1) is 7.66. The van der Waals surface area contributed by atoms with Gasteiger partial charge in [-0.2, -0.15) is 0 Å². The van der Waals surface area contributed by atoms with Crippen molar-refractivity contribution in [3.63, 3.8) is 0 Å². The first kappa shape index (κ1) is 11.0. The maximum atomic E-state index is 12.9. The lowest BCUT2D eigenvalue weighted by molar-refractivity contribution is 0.0996. The van der Waals surface area contributed by atoms with Gasteiger partial charge in [0.2, 0.25) is 0 Å². The van der Waals surface area contributed by atoms with Crippen LogP contribution >= 0.6 is 11.3 Å². The highest BCUT2D eigenvalue weighted by Crippen LogP contribution is 2.15. The molecule has 2 rings (SSSR count). The highest BCUT2D eigenvalue weighted by atomic mass is 32.1. The number of benzene rings is 1. The molecule has 16 heavy (non-hydrogen) atoms. The van der Waals surface area contributed by atoms with Crippen LogP contribution in [0.15, 0.2) is 29.9 Å². The Morgan fingerprint density at radius 2 is 2.31 bits per heavy atom. The van der Waals surface area contributed by atoms with Crippen LogP contribution in [0.3, 0.4) is 0 Å². The molecule has 0 N–H and O–H groups in total. The number of aromatic nitrogens is 1. The third kappa shape index (κ3) is 2.33. The number of hydrogen-bond donors (Lipinski definition) is 0. The molecule has 0 amide bonds. The van der Waals surface area contributed by atoms with Crippen molar-refractivity contribution in [2.75, 3.05) is 0 Å². The van der Waals surface area contributed by atoms with Crippen LogP contribution in [0.1, 0.15) is 20.8 Å². The third-order valence-corrected chi connectivity index (χ3v) is 3.18. The molecular weight excluding hydrogens is 225 g/mol. The number of thiazole rings is 1. The van der Waals surface area contributed by atoms with E-state index in [2.05, 4.69) is 4.98 Å². The Hall–Kier alpha value is -1.55. The molecule has 1 aromatic heterocycles. The zero-order valence-electron chi connectivity index (χ0n) is 8.74. The SMILES string of the molecule is Cc1cc(F)ccc1CC(=O)c1cncs1. The molecule has 2 nitrogen and oxygen atoms in total. The van der Waals surface area contributed by atoms with Crippen LogP contribution in [0.2, 0.25) is 0 Å². The minimum absolute atomic E-state index is 0.0252. The second-order valence-electron chi connectivity index (χ2n) is 3.54. The predicted octanol–water partition coefficient (Wildman–Crippen LogP) is 3.02. The lowest BCUT2D eigenvalue weighted by atomic mass is 10.0. The number of carbonyl (C=O) groups excluding carboxylic acids is 1. The number of ketones is 1. The summed E-state index contributed by atoms with van der Waals surface area (Å²) < 4.78 is 12.9. The number of rotatable bonds is 3. The predicted molar refractivity (Wildman–Crippen MR) is 61.3 cm³/mol. The van der Waals surface area contributed by atoms with E-state index < -0.39 is 0 Å².